The lowest BCUT2D eigenvalue weighted by Gasteiger charge is -2.19. The molecule has 0 aromatic carbocycles. The normalized spacial score (nSPS) is 11.6. The van der Waals surface area contributed by atoms with Gasteiger partial charge in [0.1, 0.15) is 5.82 Å². The number of pyridine rings is 1. The Morgan fingerprint density at radius 1 is 1.38 bits per heavy atom. The fourth-order valence-corrected chi connectivity index (χ4v) is 1.91. The van der Waals surface area contributed by atoms with Gasteiger partial charge in [-0.05, 0) is 31.4 Å². The molecule has 0 aliphatic heterocycles. The SMILES string of the molecule is CCc1cc(C)c(C)nc1N(C)S(C)(=O)=O. The molecule has 1 aromatic rings. The van der Waals surface area contributed by atoms with Gasteiger partial charge in [0.15, 0.2) is 0 Å². The van der Waals surface area contributed by atoms with Gasteiger partial charge in [-0.2, -0.15) is 0 Å². The summed E-state index contributed by atoms with van der Waals surface area (Å²) in [5, 5.41) is 0. The van der Waals surface area contributed by atoms with Crippen molar-refractivity contribution in [3.63, 3.8) is 0 Å². The van der Waals surface area contributed by atoms with Gasteiger partial charge in [-0.25, -0.2) is 13.4 Å². The third-order valence-electron chi connectivity index (χ3n) is 2.70. The van der Waals surface area contributed by atoms with Crippen molar-refractivity contribution in [3.05, 3.63) is 22.9 Å². The molecule has 1 aromatic heterocycles. The Labute approximate surface area is 97.4 Å². The van der Waals surface area contributed by atoms with Gasteiger partial charge in [-0.15, -0.1) is 0 Å². The van der Waals surface area contributed by atoms with E-state index in [1.54, 1.807) is 0 Å². The van der Waals surface area contributed by atoms with Crippen LogP contribution in [0.1, 0.15) is 23.7 Å². The molecular weight excluding hydrogens is 224 g/mol. The Bertz CT molecular complexity index is 495. The first-order valence-corrected chi connectivity index (χ1v) is 7.03. The monoisotopic (exact) mass is 242 g/mol. The predicted molar refractivity (Wildman–Crippen MR) is 66.3 cm³/mol. The lowest BCUT2D eigenvalue weighted by molar-refractivity contribution is 0.599. The molecule has 1 heterocycles. The van der Waals surface area contributed by atoms with Gasteiger partial charge in [-0.3, -0.25) is 4.31 Å². The maximum Gasteiger partial charge on any atom is 0.233 e. The first-order chi connectivity index (χ1) is 7.27. The molecule has 0 fully saturated rings. The van der Waals surface area contributed by atoms with E-state index in [2.05, 4.69) is 4.98 Å². The number of sulfonamides is 1. The molecule has 0 spiro atoms. The van der Waals surface area contributed by atoms with Crippen LogP contribution >= 0.6 is 0 Å². The molecule has 0 unspecified atom stereocenters. The number of anilines is 1. The summed E-state index contributed by atoms with van der Waals surface area (Å²) >= 11 is 0. The summed E-state index contributed by atoms with van der Waals surface area (Å²) in [5.74, 6) is 0.535. The zero-order valence-corrected chi connectivity index (χ0v) is 11.2. The quantitative estimate of drug-likeness (QED) is 0.810. The molecule has 0 bridgehead atoms. The topological polar surface area (TPSA) is 50.3 Å². The van der Waals surface area contributed by atoms with Crippen molar-refractivity contribution in [3.8, 4) is 0 Å². The van der Waals surface area contributed by atoms with Crippen LogP contribution < -0.4 is 4.31 Å². The second kappa shape index (κ2) is 4.41. The molecule has 16 heavy (non-hydrogen) atoms. The van der Waals surface area contributed by atoms with Crippen LogP contribution in [-0.4, -0.2) is 26.7 Å². The Morgan fingerprint density at radius 3 is 2.38 bits per heavy atom. The van der Waals surface area contributed by atoms with Crippen molar-refractivity contribution in [2.75, 3.05) is 17.6 Å². The summed E-state index contributed by atoms with van der Waals surface area (Å²) in [6.07, 6.45) is 1.95. The average molecular weight is 242 g/mol. The average Bonchev–Trinajstić information content (AvgIpc) is 2.19. The molecule has 0 radical (unpaired) electrons. The van der Waals surface area contributed by atoms with Gasteiger partial charge in [0.25, 0.3) is 0 Å². The van der Waals surface area contributed by atoms with Crippen LogP contribution in [0.5, 0.6) is 0 Å². The first kappa shape index (κ1) is 13.0. The standard InChI is InChI=1S/C11H18N2O2S/c1-6-10-7-8(2)9(3)12-11(10)13(4)16(5,14)15/h7H,6H2,1-5H3. The zero-order chi connectivity index (χ0) is 12.5. The largest absolute Gasteiger partial charge is 0.257 e. The lowest BCUT2D eigenvalue weighted by Crippen LogP contribution is -2.27. The summed E-state index contributed by atoms with van der Waals surface area (Å²) < 4.78 is 24.2. The highest BCUT2D eigenvalue weighted by Crippen LogP contribution is 2.22. The van der Waals surface area contributed by atoms with Crippen molar-refractivity contribution in [2.24, 2.45) is 0 Å². The van der Waals surface area contributed by atoms with Crippen molar-refractivity contribution in [1.29, 1.82) is 0 Å². The number of aromatic nitrogens is 1. The molecule has 0 aliphatic carbocycles. The van der Waals surface area contributed by atoms with Gasteiger partial charge in [-0.1, -0.05) is 13.0 Å². The Balaban J connectivity index is 3.38. The molecule has 0 saturated carbocycles. The lowest BCUT2D eigenvalue weighted by atomic mass is 10.1. The highest BCUT2D eigenvalue weighted by molar-refractivity contribution is 7.92. The molecule has 0 aliphatic rings. The van der Waals surface area contributed by atoms with E-state index in [1.807, 2.05) is 26.8 Å². The maximum atomic E-state index is 11.5. The van der Waals surface area contributed by atoms with Crippen LogP contribution in [0.4, 0.5) is 5.82 Å². The second-order valence-corrected chi connectivity index (χ2v) is 5.97. The molecule has 0 N–H and O–H groups in total. The van der Waals surface area contributed by atoms with E-state index in [4.69, 9.17) is 0 Å². The highest BCUT2D eigenvalue weighted by atomic mass is 32.2. The summed E-state index contributed by atoms with van der Waals surface area (Å²) in [6.45, 7) is 5.85. The van der Waals surface area contributed by atoms with E-state index in [1.165, 1.54) is 17.6 Å². The fraction of sp³-hybridized carbons (Fsp3) is 0.545. The maximum absolute atomic E-state index is 11.5. The number of rotatable bonds is 3. The molecule has 0 saturated heterocycles. The second-order valence-electron chi connectivity index (χ2n) is 3.96. The van der Waals surface area contributed by atoms with Crippen LogP contribution in [0.15, 0.2) is 6.07 Å². The van der Waals surface area contributed by atoms with E-state index >= 15 is 0 Å². The summed E-state index contributed by atoms with van der Waals surface area (Å²) in [6, 6.07) is 2.00. The van der Waals surface area contributed by atoms with Crippen LogP contribution in [0.25, 0.3) is 0 Å². The minimum absolute atomic E-state index is 0.535. The van der Waals surface area contributed by atoms with Gasteiger partial charge in [0.2, 0.25) is 10.0 Å². The van der Waals surface area contributed by atoms with Crippen molar-refractivity contribution in [2.45, 2.75) is 27.2 Å². The van der Waals surface area contributed by atoms with Gasteiger partial charge >= 0.3 is 0 Å². The van der Waals surface area contributed by atoms with E-state index < -0.39 is 10.0 Å². The van der Waals surface area contributed by atoms with Crippen LogP contribution in [-0.2, 0) is 16.4 Å². The highest BCUT2D eigenvalue weighted by Gasteiger charge is 2.17. The van der Waals surface area contributed by atoms with E-state index in [0.29, 0.717) is 5.82 Å². The van der Waals surface area contributed by atoms with Crippen LogP contribution in [0.3, 0.4) is 0 Å². The number of hydrogen-bond acceptors (Lipinski definition) is 3. The Hall–Kier alpha value is -1.10. The molecule has 0 atom stereocenters. The predicted octanol–water partition coefficient (Wildman–Crippen LogP) is 1.66. The van der Waals surface area contributed by atoms with E-state index in [9.17, 15) is 8.42 Å². The van der Waals surface area contributed by atoms with Gasteiger partial charge in [0.05, 0.1) is 6.26 Å². The van der Waals surface area contributed by atoms with Gasteiger partial charge < -0.3 is 0 Å². The van der Waals surface area contributed by atoms with Crippen LogP contribution in [0, 0.1) is 13.8 Å². The fourth-order valence-electron chi connectivity index (χ4n) is 1.44. The Kier molecular flexibility index (Phi) is 3.57. The number of hydrogen-bond donors (Lipinski definition) is 0. The van der Waals surface area contributed by atoms with Crippen molar-refractivity contribution >= 4 is 15.8 Å². The number of aryl methyl sites for hydroxylation is 3. The third-order valence-corrected chi connectivity index (χ3v) is 3.87. The summed E-state index contributed by atoms with van der Waals surface area (Å²) in [4.78, 5) is 4.36. The molecule has 5 heteroatoms. The van der Waals surface area contributed by atoms with Crippen molar-refractivity contribution in [1.82, 2.24) is 4.98 Å². The summed E-state index contributed by atoms with van der Waals surface area (Å²) in [5.41, 5.74) is 2.90. The van der Waals surface area contributed by atoms with E-state index in [0.717, 1.165) is 23.2 Å². The molecule has 4 nitrogen and oxygen atoms in total. The first-order valence-electron chi connectivity index (χ1n) is 5.18. The molecule has 1 rings (SSSR count). The third kappa shape index (κ3) is 2.52. The smallest absolute Gasteiger partial charge is 0.233 e. The Morgan fingerprint density at radius 2 is 1.94 bits per heavy atom. The minimum atomic E-state index is -3.25. The summed E-state index contributed by atoms with van der Waals surface area (Å²) in [7, 11) is -1.71. The van der Waals surface area contributed by atoms with Gasteiger partial charge in [0, 0.05) is 12.7 Å². The molecule has 0 amide bonds. The minimum Gasteiger partial charge on any atom is -0.257 e. The van der Waals surface area contributed by atoms with Crippen LogP contribution in [0.2, 0.25) is 0 Å². The number of nitrogens with zero attached hydrogens (tertiary/aromatic N) is 2. The van der Waals surface area contributed by atoms with Crippen molar-refractivity contribution < 1.29 is 8.42 Å². The molecular formula is C11H18N2O2S. The zero-order valence-electron chi connectivity index (χ0n) is 10.4. The van der Waals surface area contributed by atoms with E-state index in [-0.39, 0.29) is 0 Å². The molecule has 90 valence electrons.